The minimum absolute atomic E-state index is 0.105. The number of benzene rings is 1. The van der Waals surface area contributed by atoms with Crippen LogP contribution in [0.15, 0.2) is 18.2 Å². The van der Waals surface area contributed by atoms with Crippen molar-refractivity contribution in [2.75, 3.05) is 14.2 Å². The van der Waals surface area contributed by atoms with Gasteiger partial charge in [0.15, 0.2) is 0 Å². The number of ether oxygens (including phenoxy) is 1. The first-order valence-corrected chi connectivity index (χ1v) is 5.29. The van der Waals surface area contributed by atoms with E-state index in [4.69, 9.17) is 4.74 Å². The van der Waals surface area contributed by atoms with Crippen LogP contribution >= 0.6 is 15.9 Å². The van der Waals surface area contributed by atoms with E-state index in [1.807, 2.05) is 12.1 Å². The maximum Gasteiger partial charge on any atom is 0.251 e. The lowest BCUT2D eigenvalue weighted by atomic mass is 10.1. The molecule has 0 spiro atoms. The third-order valence-electron chi connectivity index (χ3n) is 1.85. The summed E-state index contributed by atoms with van der Waals surface area (Å²) < 4.78 is 5.09. The highest BCUT2D eigenvalue weighted by Gasteiger charge is 2.06. The largest absolute Gasteiger partial charge is 0.497 e. The fourth-order valence-electron chi connectivity index (χ4n) is 1.13. The molecular weight excluding hydrogens is 246 g/mol. The first-order valence-electron chi connectivity index (χ1n) is 4.17. The van der Waals surface area contributed by atoms with Crippen molar-refractivity contribution < 1.29 is 9.53 Å². The van der Waals surface area contributed by atoms with E-state index in [0.717, 1.165) is 5.56 Å². The molecule has 3 nitrogen and oxygen atoms in total. The van der Waals surface area contributed by atoms with Crippen molar-refractivity contribution in [1.82, 2.24) is 5.32 Å². The van der Waals surface area contributed by atoms with Gasteiger partial charge in [0.1, 0.15) is 5.75 Å². The lowest BCUT2D eigenvalue weighted by molar-refractivity contribution is 0.0962. The SMILES string of the molecule is CNC(=O)c1cc(CBr)cc(OC)c1. The third kappa shape index (κ3) is 2.48. The van der Waals surface area contributed by atoms with Gasteiger partial charge in [-0.3, -0.25) is 4.79 Å². The average molecular weight is 258 g/mol. The molecule has 0 saturated carbocycles. The molecule has 0 aromatic heterocycles. The molecule has 14 heavy (non-hydrogen) atoms. The van der Waals surface area contributed by atoms with Crippen molar-refractivity contribution in [3.8, 4) is 5.75 Å². The van der Waals surface area contributed by atoms with Crippen molar-refractivity contribution >= 4 is 21.8 Å². The molecule has 1 aromatic carbocycles. The number of alkyl halides is 1. The van der Waals surface area contributed by atoms with Gasteiger partial charge < -0.3 is 10.1 Å². The summed E-state index contributed by atoms with van der Waals surface area (Å²) in [5.74, 6) is 0.589. The molecule has 0 unspecified atom stereocenters. The van der Waals surface area contributed by atoms with E-state index < -0.39 is 0 Å². The lowest BCUT2D eigenvalue weighted by Gasteiger charge is -2.06. The highest BCUT2D eigenvalue weighted by Crippen LogP contribution is 2.18. The summed E-state index contributed by atoms with van der Waals surface area (Å²) in [6.07, 6.45) is 0. The molecule has 0 bridgehead atoms. The Morgan fingerprint density at radius 3 is 2.71 bits per heavy atom. The molecule has 1 rings (SSSR count). The number of amides is 1. The third-order valence-corrected chi connectivity index (χ3v) is 2.49. The van der Waals surface area contributed by atoms with Crippen LogP contribution in [0, 0.1) is 0 Å². The molecule has 1 amide bonds. The van der Waals surface area contributed by atoms with E-state index in [0.29, 0.717) is 16.6 Å². The fourth-order valence-corrected chi connectivity index (χ4v) is 1.45. The smallest absolute Gasteiger partial charge is 0.251 e. The van der Waals surface area contributed by atoms with Gasteiger partial charge in [-0.05, 0) is 23.8 Å². The Bertz CT molecular complexity index is 317. The normalized spacial score (nSPS) is 9.64. The monoisotopic (exact) mass is 257 g/mol. The van der Waals surface area contributed by atoms with Crippen LogP contribution in [0.25, 0.3) is 0 Å². The predicted molar refractivity (Wildman–Crippen MR) is 59.0 cm³/mol. The molecule has 0 heterocycles. The Balaban J connectivity index is 3.10. The minimum atomic E-state index is -0.105. The maximum absolute atomic E-state index is 11.4. The highest BCUT2D eigenvalue weighted by molar-refractivity contribution is 9.08. The molecule has 0 saturated heterocycles. The van der Waals surface area contributed by atoms with Gasteiger partial charge in [0.25, 0.3) is 5.91 Å². The van der Waals surface area contributed by atoms with Gasteiger partial charge in [-0.2, -0.15) is 0 Å². The molecule has 1 N–H and O–H groups in total. The minimum Gasteiger partial charge on any atom is -0.497 e. The van der Waals surface area contributed by atoms with E-state index in [1.165, 1.54) is 0 Å². The van der Waals surface area contributed by atoms with Crippen molar-refractivity contribution in [2.45, 2.75) is 5.33 Å². The molecule has 1 aromatic rings. The lowest BCUT2D eigenvalue weighted by Crippen LogP contribution is -2.17. The van der Waals surface area contributed by atoms with E-state index in [2.05, 4.69) is 21.2 Å². The number of carbonyl (C=O) groups excluding carboxylic acids is 1. The van der Waals surface area contributed by atoms with Crippen LogP contribution in [-0.2, 0) is 5.33 Å². The summed E-state index contributed by atoms with van der Waals surface area (Å²) in [6, 6.07) is 5.43. The van der Waals surface area contributed by atoms with Crippen molar-refractivity contribution in [3.63, 3.8) is 0 Å². The zero-order valence-electron chi connectivity index (χ0n) is 8.13. The van der Waals surface area contributed by atoms with Gasteiger partial charge in [0.05, 0.1) is 7.11 Å². The Morgan fingerprint density at radius 1 is 1.50 bits per heavy atom. The number of hydrogen-bond acceptors (Lipinski definition) is 2. The van der Waals surface area contributed by atoms with Crippen LogP contribution in [0.2, 0.25) is 0 Å². The molecule has 0 aliphatic carbocycles. The van der Waals surface area contributed by atoms with Gasteiger partial charge in [-0.15, -0.1) is 0 Å². The maximum atomic E-state index is 11.4. The number of nitrogens with one attached hydrogen (secondary N) is 1. The summed E-state index contributed by atoms with van der Waals surface area (Å²) in [7, 11) is 3.19. The molecule has 76 valence electrons. The van der Waals surface area contributed by atoms with E-state index in [1.54, 1.807) is 20.2 Å². The van der Waals surface area contributed by atoms with Crippen LogP contribution in [0.3, 0.4) is 0 Å². The number of halogens is 1. The summed E-state index contributed by atoms with van der Waals surface area (Å²) in [6.45, 7) is 0. The van der Waals surface area contributed by atoms with Gasteiger partial charge in [0, 0.05) is 17.9 Å². The van der Waals surface area contributed by atoms with Crippen LogP contribution in [0.1, 0.15) is 15.9 Å². The zero-order valence-corrected chi connectivity index (χ0v) is 9.72. The fraction of sp³-hybridized carbons (Fsp3) is 0.300. The zero-order chi connectivity index (χ0) is 10.6. The molecular formula is C10H12BrNO2. The van der Waals surface area contributed by atoms with Crippen LogP contribution in [-0.4, -0.2) is 20.1 Å². The van der Waals surface area contributed by atoms with Crippen molar-refractivity contribution in [1.29, 1.82) is 0 Å². The second-order valence-corrected chi connectivity index (χ2v) is 3.34. The number of carbonyl (C=O) groups is 1. The van der Waals surface area contributed by atoms with E-state index in [-0.39, 0.29) is 5.91 Å². The Morgan fingerprint density at radius 2 is 2.21 bits per heavy atom. The molecule has 0 aliphatic rings. The molecule has 0 fully saturated rings. The van der Waals surface area contributed by atoms with Crippen molar-refractivity contribution in [2.24, 2.45) is 0 Å². The second kappa shape index (κ2) is 5.00. The summed E-state index contributed by atoms with van der Waals surface area (Å²) in [4.78, 5) is 11.4. The number of rotatable bonds is 3. The Hall–Kier alpha value is -1.03. The standard InChI is InChI=1S/C10H12BrNO2/c1-12-10(13)8-3-7(6-11)4-9(5-8)14-2/h3-5H,6H2,1-2H3,(H,12,13). The number of hydrogen-bond donors (Lipinski definition) is 1. The van der Waals surface area contributed by atoms with Crippen molar-refractivity contribution in [3.05, 3.63) is 29.3 Å². The topological polar surface area (TPSA) is 38.3 Å². The predicted octanol–water partition coefficient (Wildman–Crippen LogP) is 1.95. The van der Waals surface area contributed by atoms with Gasteiger partial charge in [-0.25, -0.2) is 0 Å². The summed E-state index contributed by atoms with van der Waals surface area (Å²) >= 11 is 3.34. The van der Waals surface area contributed by atoms with Gasteiger partial charge in [-0.1, -0.05) is 15.9 Å². The Kier molecular flexibility index (Phi) is 3.95. The second-order valence-electron chi connectivity index (χ2n) is 2.78. The highest BCUT2D eigenvalue weighted by atomic mass is 79.9. The summed E-state index contributed by atoms with van der Waals surface area (Å²) in [5.41, 5.74) is 1.63. The van der Waals surface area contributed by atoms with E-state index in [9.17, 15) is 4.79 Å². The van der Waals surface area contributed by atoms with Crippen LogP contribution < -0.4 is 10.1 Å². The van der Waals surface area contributed by atoms with Crippen LogP contribution in [0.5, 0.6) is 5.75 Å². The van der Waals surface area contributed by atoms with E-state index >= 15 is 0 Å². The molecule has 4 heteroatoms. The molecule has 0 radical (unpaired) electrons. The summed E-state index contributed by atoms with van der Waals surface area (Å²) in [5, 5.41) is 3.28. The first kappa shape index (κ1) is 11.0. The molecule has 0 atom stereocenters. The molecule has 0 aliphatic heterocycles. The van der Waals surface area contributed by atoms with Gasteiger partial charge in [0.2, 0.25) is 0 Å². The average Bonchev–Trinajstić information content (AvgIpc) is 2.27. The van der Waals surface area contributed by atoms with Gasteiger partial charge >= 0.3 is 0 Å². The first-order chi connectivity index (χ1) is 6.71. The number of methoxy groups -OCH3 is 1. The quantitative estimate of drug-likeness (QED) is 0.841. The van der Waals surface area contributed by atoms with Crippen LogP contribution in [0.4, 0.5) is 0 Å². The Labute approximate surface area is 91.6 Å².